The number of amides is 1. The molecule has 0 fully saturated rings. The van der Waals surface area contributed by atoms with Crippen LogP contribution in [0.3, 0.4) is 0 Å². The highest BCUT2D eigenvalue weighted by atomic mass is 35.5. The summed E-state index contributed by atoms with van der Waals surface area (Å²) in [5.41, 5.74) is 3.74. The summed E-state index contributed by atoms with van der Waals surface area (Å²) in [5.74, 6) is -0.731. The highest BCUT2D eigenvalue weighted by molar-refractivity contribution is 6.31. The number of hydrogen-bond donors (Lipinski definition) is 2. The van der Waals surface area contributed by atoms with Gasteiger partial charge in [-0.2, -0.15) is 5.10 Å². The fourth-order valence-corrected chi connectivity index (χ4v) is 2.80. The number of benzene rings is 2. The monoisotopic (exact) mass is 372 g/mol. The maximum Gasteiger partial charge on any atom is 0.243 e. The predicted octanol–water partition coefficient (Wildman–Crippen LogP) is 4.33. The van der Waals surface area contributed by atoms with E-state index in [9.17, 15) is 9.18 Å². The molecule has 0 unspecified atom stereocenters. The fourth-order valence-electron chi connectivity index (χ4n) is 2.62. The van der Waals surface area contributed by atoms with Crippen molar-refractivity contribution in [3.8, 4) is 5.69 Å². The van der Waals surface area contributed by atoms with Crippen molar-refractivity contribution in [3.63, 3.8) is 0 Å². The molecule has 0 saturated carbocycles. The number of rotatable bonds is 5. The predicted molar refractivity (Wildman–Crippen MR) is 102 cm³/mol. The van der Waals surface area contributed by atoms with Crippen molar-refractivity contribution >= 4 is 28.9 Å². The van der Waals surface area contributed by atoms with Gasteiger partial charge in [-0.25, -0.2) is 9.07 Å². The van der Waals surface area contributed by atoms with E-state index in [-0.39, 0.29) is 17.5 Å². The molecule has 1 amide bonds. The Balaban J connectivity index is 1.69. The average molecular weight is 373 g/mol. The second-order valence-corrected chi connectivity index (χ2v) is 6.23. The Morgan fingerprint density at radius 3 is 2.62 bits per heavy atom. The van der Waals surface area contributed by atoms with Gasteiger partial charge >= 0.3 is 0 Å². The third-order valence-electron chi connectivity index (χ3n) is 3.93. The van der Waals surface area contributed by atoms with E-state index in [0.29, 0.717) is 11.4 Å². The lowest BCUT2D eigenvalue weighted by Gasteiger charge is -2.09. The van der Waals surface area contributed by atoms with E-state index in [1.165, 1.54) is 18.2 Å². The molecule has 0 aliphatic rings. The molecule has 0 saturated heterocycles. The van der Waals surface area contributed by atoms with E-state index < -0.39 is 5.82 Å². The number of nitrogens with one attached hydrogen (secondary N) is 2. The van der Waals surface area contributed by atoms with E-state index >= 15 is 0 Å². The van der Waals surface area contributed by atoms with Crippen LogP contribution in [0.5, 0.6) is 0 Å². The van der Waals surface area contributed by atoms with Gasteiger partial charge in [0.1, 0.15) is 5.82 Å². The second kappa shape index (κ2) is 7.58. The Morgan fingerprint density at radius 2 is 1.92 bits per heavy atom. The summed E-state index contributed by atoms with van der Waals surface area (Å²) in [6.07, 6.45) is 0. The Bertz CT molecular complexity index is 940. The third kappa shape index (κ3) is 3.86. The minimum absolute atomic E-state index is 0.00577. The summed E-state index contributed by atoms with van der Waals surface area (Å²) in [4.78, 5) is 12.3. The van der Waals surface area contributed by atoms with Crippen LogP contribution in [0.2, 0.25) is 5.02 Å². The zero-order valence-electron chi connectivity index (χ0n) is 14.4. The molecule has 2 N–H and O–H groups in total. The number of para-hydroxylation sites is 1. The van der Waals surface area contributed by atoms with Crippen molar-refractivity contribution in [1.29, 1.82) is 0 Å². The topological polar surface area (TPSA) is 59.0 Å². The zero-order chi connectivity index (χ0) is 18.7. The summed E-state index contributed by atoms with van der Waals surface area (Å²) in [7, 11) is 0. The molecule has 0 atom stereocenters. The van der Waals surface area contributed by atoms with Gasteiger partial charge in [0, 0.05) is 5.69 Å². The first-order chi connectivity index (χ1) is 12.5. The van der Waals surface area contributed by atoms with Crippen molar-refractivity contribution in [1.82, 2.24) is 9.78 Å². The smallest absolute Gasteiger partial charge is 0.243 e. The number of nitrogens with zero attached hydrogens (tertiary/aromatic N) is 2. The molecule has 0 radical (unpaired) electrons. The number of anilines is 2. The van der Waals surface area contributed by atoms with Gasteiger partial charge in [0.15, 0.2) is 0 Å². The lowest BCUT2D eigenvalue weighted by atomic mass is 10.3. The molecule has 0 bridgehead atoms. The Hall–Kier alpha value is -2.86. The molecular weight excluding hydrogens is 355 g/mol. The Morgan fingerprint density at radius 1 is 1.19 bits per heavy atom. The number of halogens is 2. The van der Waals surface area contributed by atoms with Gasteiger partial charge < -0.3 is 10.6 Å². The third-order valence-corrected chi connectivity index (χ3v) is 4.22. The largest absolute Gasteiger partial charge is 0.376 e. The van der Waals surface area contributed by atoms with Crippen LogP contribution in [-0.4, -0.2) is 22.2 Å². The first-order valence-electron chi connectivity index (χ1n) is 8.06. The number of aromatic nitrogens is 2. The zero-order valence-corrected chi connectivity index (χ0v) is 15.1. The summed E-state index contributed by atoms with van der Waals surface area (Å²) in [6, 6.07) is 13.9. The lowest BCUT2D eigenvalue weighted by Crippen LogP contribution is -2.22. The summed E-state index contributed by atoms with van der Waals surface area (Å²) in [6.45, 7) is 3.77. The maximum atomic E-state index is 13.2. The van der Waals surface area contributed by atoms with E-state index in [2.05, 4.69) is 15.7 Å². The first-order valence-corrected chi connectivity index (χ1v) is 8.44. The van der Waals surface area contributed by atoms with E-state index in [0.717, 1.165) is 17.1 Å². The maximum absolute atomic E-state index is 13.2. The van der Waals surface area contributed by atoms with Crippen molar-refractivity contribution in [2.75, 3.05) is 17.2 Å². The van der Waals surface area contributed by atoms with Gasteiger partial charge in [0.2, 0.25) is 5.91 Å². The number of carbonyl (C=O) groups excluding carboxylic acids is 1. The molecule has 2 aromatic carbocycles. The van der Waals surface area contributed by atoms with Crippen molar-refractivity contribution in [2.45, 2.75) is 13.8 Å². The van der Waals surface area contributed by atoms with Crippen LogP contribution in [0, 0.1) is 19.7 Å². The van der Waals surface area contributed by atoms with Crippen molar-refractivity contribution in [2.24, 2.45) is 0 Å². The van der Waals surface area contributed by atoms with Crippen molar-refractivity contribution in [3.05, 3.63) is 70.8 Å². The molecule has 1 aromatic heterocycles. The molecule has 0 aliphatic heterocycles. The van der Waals surface area contributed by atoms with E-state index in [4.69, 9.17) is 11.6 Å². The Kier molecular flexibility index (Phi) is 5.23. The van der Waals surface area contributed by atoms with Crippen LogP contribution in [0.15, 0.2) is 48.5 Å². The molecule has 0 spiro atoms. The molecule has 7 heteroatoms. The van der Waals surface area contributed by atoms with Gasteiger partial charge in [-0.15, -0.1) is 0 Å². The van der Waals surface area contributed by atoms with Crippen LogP contribution in [0.1, 0.15) is 11.4 Å². The van der Waals surface area contributed by atoms with Crippen LogP contribution in [0.4, 0.5) is 15.8 Å². The van der Waals surface area contributed by atoms with Crippen LogP contribution < -0.4 is 10.6 Å². The second-order valence-electron chi connectivity index (χ2n) is 5.82. The van der Waals surface area contributed by atoms with E-state index in [1.807, 2.05) is 44.2 Å². The number of aryl methyl sites for hydroxylation is 1. The summed E-state index contributed by atoms with van der Waals surface area (Å²) >= 11 is 5.73. The summed E-state index contributed by atoms with van der Waals surface area (Å²) < 4.78 is 15.0. The first kappa shape index (κ1) is 17.9. The quantitative estimate of drug-likeness (QED) is 0.700. The molecule has 134 valence electrons. The highest BCUT2D eigenvalue weighted by Gasteiger charge is 2.15. The van der Waals surface area contributed by atoms with Gasteiger partial charge in [-0.3, -0.25) is 4.79 Å². The highest BCUT2D eigenvalue weighted by Crippen LogP contribution is 2.23. The van der Waals surface area contributed by atoms with Crippen LogP contribution in [-0.2, 0) is 4.79 Å². The minimum atomic E-state index is -0.499. The normalized spacial score (nSPS) is 10.6. The molecular formula is C19H18ClFN4O. The Labute approximate surface area is 155 Å². The standard InChI is InChI=1S/C19H18ClFN4O/c1-12-19(13(2)25(24-12)15-6-4-3-5-7-15)23-18(26)11-22-14-8-9-17(21)16(20)10-14/h3-10,22H,11H2,1-2H3,(H,23,26). The molecule has 5 nitrogen and oxygen atoms in total. The van der Waals surface area contributed by atoms with Gasteiger partial charge in [-0.05, 0) is 44.2 Å². The van der Waals surface area contributed by atoms with E-state index in [1.54, 1.807) is 4.68 Å². The lowest BCUT2D eigenvalue weighted by molar-refractivity contribution is -0.114. The van der Waals surface area contributed by atoms with Crippen LogP contribution in [0.25, 0.3) is 5.69 Å². The average Bonchev–Trinajstić information content (AvgIpc) is 2.91. The molecule has 26 heavy (non-hydrogen) atoms. The van der Waals surface area contributed by atoms with Gasteiger partial charge in [0.05, 0.1) is 34.3 Å². The van der Waals surface area contributed by atoms with Gasteiger partial charge in [0.25, 0.3) is 0 Å². The van der Waals surface area contributed by atoms with Crippen molar-refractivity contribution < 1.29 is 9.18 Å². The number of hydrogen-bond acceptors (Lipinski definition) is 3. The van der Waals surface area contributed by atoms with Crippen LogP contribution >= 0.6 is 11.6 Å². The minimum Gasteiger partial charge on any atom is -0.376 e. The summed E-state index contributed by atoms with van der Waals surface area (Å²) in [5, 5.41) is 10.3. The fraction of sp³-hybridized carbons (Fsp3) is 0.158. The SMILES string of the molecule is Cc1nn(-c2ccccc2)c(C)c1NC(=O)CNc1ccc(F)c(Cl)c1. The molecule has 0 aliphatic carbocycles. The number of carbonyl (C=O) groups is 1. The molecule has 3 aromatic rings. The van der Waals surface area contributed by atoms with Gasteiger partial charge in [-0.1, -0.05) is 29.8 Å². The molecule has 1 heterocycles. The molecule has 3 rings (SSSR count).